The summed E-state index contributed by atoms with van der Waals surface area (Å²) < 4.78 is 0. The van der Waals surface area contributed by atoms with E-state index in [9.17, 15) is 0 Å². The fraction of sp³-hybridized carbons (Fsp3) is 0.909. The molecule has 0 aromatic carbocycles. The smallest absolute Gasteiger partial charge is 0.104 e. The maximum absolute atomic E-state index is 9.14. The van der Waals surface area contributed by atoms with Crippen LogP contribution in [-0.4, -0.2) is 46.0 Å². The first-order valence-corrected chi connectivity index (χ1v) is 6.64. The monoisotopic (exact) mass is 246 g/mol. The SMILES string of the molecule is CC(C)NC(C)(C#N)CCSCC(O)CO. The number of rotatable bonds is 8. The standard InChI is InChI=1S/C11H22N2O2S/c1-9(2)13-11(3,8-12)4-5-16-7-10(15)6-14/h9-10,13-15H,4-7H2,1-3H3. The Bertz CT molecular complexity index is 231. The van der Waals surface area contributed by atoms with Gasteiger partial charge >= 0.3 is 0 Å². The van der Waals surface area contributed by atoms with Crippen molar-refractivity contribution in [3.63, 3.8) is 0 Å². The summed E-state index contributed by atoms with van der Waals surface area (Å²) in [6, 6.07) is 2.55. The number of hydrogen-bond acceptors (Lipinski definition) is 5. The zero-order chi connectivity index (χ0) is 12.6. The molecule has 0 aromatic heterocycles. The third-order valence-corrected chi connectivity index (χ3v) is 3.23. The Hall–Kier alpha value is -0.280. The van der Waals surface area contributed by atoms with Gasteiger partial charge in [-0.15, -0.1) is 0 Å². The zero-order valence-electron chi connectivity index (χ0n) is 10.2. The van der Waals surface area contributed by atoms with Crippen molar-refractivity contribution < 1.29 is 10.2 Å². The average molecular weight is 246 g/mol. The van der Waals surface area contributed by atoms with E-state index in [1.54, 1.807) is 11.8 Å². The van der Waals surface area contributed by atoms with Gasteiger partial charge in [0.2, 0.25) is 0 Å². The van der Waals surface area contributed by atoms with Gasteiger partial charge in [0.25, 0.3) is 0 Å². The molecule has 0 spiro atoms. The second kappa shape index (κ2) is 7.91. The Labute approximate surface area is 102 Å². The number of aliphatic hydroxyl groups is 2. The van der Waals surface area contributed by atoms with Crippen LogP contribution >= 0.6 is 11.8 Å². The summed E-state index contributed by atoms with van der Waals surface area (Å²) in [5.74, 6) is 1.31. The Morgan fingerprint density at radius 2 is 2.12 bits per heavy atom. The van der Waals surface area contributed by atoms with Crippen LogP contribution in [0.5, 0.6) is 0 Å². The van der Waals surface area contributed by atoms with Gasteiger partial charge in [0.05, 0.1) is 18.8 Å². The molecular weight excluding hydrogens is 224 g/mol. The molecule has 94 valence electrons. The van der Waals surface area contributed by atoms with Gasteiger partial charge in [-0.1, -0.05) is 0 Å². The van der Waals surface area contributed by atoms with Gasteiger partial charge in [0.15, 0.2) is 0 Å². The van der Waals surface area contributed by atoms with Gasteiger partial charge < -0.3 is 10.2 Å². The van der Waals surface area contributed by atoms with Gasteiger partial charge in [-0.2, -0.15) is 17.0 Å². The molecule has 2 unspecified atom stereocenters. The molecule has 0 aromatic rings. The predicted octanol–water partition coefficient (Wildman–Crippen LogP) is 0.743. The van der Waals surface area contributed by atoms with Gasteiger partial charge in [0.1, 0.15) is 5.54 Å². The molecule has 0 aliphatic carbocycles. The van der Waals surface area contributed by atoms with Gasteiger partial charge in [-0.3, -0.25) is 5.32 Å². The minimum Gasteiger partial charge on any atom is -0.394 e. The van der Waals surface area contributed by atoms with Gasteiger partial charge in [0, 0.05) is 11.8 Å². The topological polar surface area (TPSA) is 76.3 Å². The highest BCUT2D eigenvalue weighted by atomic mass is 32.2. The summed E-state index contributed by atoms with van der Waals surface area (Å²) in [7, 11) is 0. The largest absolute Gasteiger partial charge is 0.394 e. The molecule has 0 aliphatic rings. The van der Waals surface area contributed by atoms with E-state index in [4.69, 9.17) is 15.5 Å². The van der Waals surface area contributed by atoms with Crippen molar-refractivity contribution in [3.05, 3.63) is 0 Å². The molecule has 0 fully saturated rings. The lowest BCUT2D eigenvalue weighted by Crippen LogP contribution is -2.45. The number of nitriles is 1. The number of aliphatic hydroxyl groups excluding tert-OH is 2. The third kappa shape index (κ3) is 7.07. The van der Waals surface area contributed by atoms with E-state index in [1.165, 1.54) is 0 Å². The second-order valence-electron chi connectivity index (χ2n) is 4.40. The fourth-order valence-electron chi connectivity index (χ4n) is 1.35. The first kappa shape index (κ1) is 15.7. The maximum atomic E-state index is 9.14. The van der Waals surface area contributed by atoms with Crippen molar-refractivity contribution in [1.82, 2.24) is 5.32 Å². The van der Waals surface area contributed by atoms with Crippen molar-refractivity contribution >= 4 is 11.8 Å². The van der Waals surface area contributed by atoms with Gasteiger partial charge in [-0.05, 0) is 32.9 Å². The lowest BCUT2D eigenvalue weighted by atomic mass is 10.0. The van der Waals surface area contributed by atoms with Crippen molar-refractivity contribution in [1.29, 1.82) is 5.26 Å². The summed E-state index contributed by atoms with van der Waals surface area (Å²) >= 11 is 1.55. The molecule has 0 heterocycles. The molecule has 0 rings (SSSR count). The molecule has 2 atom stereocenters. The summed E-state index contributed by atoms with van der Waals surface area (Å²) in [6.07, 6.45) is 0.0706. The molecule has 0 saturated heterocycles. The van der Waals surface area contributed by atoms with Crippen LogP contribution in [0.2, 0.25) is 0 Å². The molecule has 0 amide bonds. The molecule has 0 bridgehead atoms. The molecule has 0 saturated carbocycles. The van der Waals surface area contributed by atoms with Crippen LogP contribution in [0.3, 0.4) is 0 Å². The predicted molar refractivity (Wildman–Crippen MR) is 67.3 cm³/mol. The van der Waals surface area contributed by atoms with E-state index in [0.29, 0.717) is 5.75 Å². The normalized spacial score (nSPS) is 16.8. The van der Waals surface area contributed by atoms with Crippen LogP contribution in [0.25, 0.3) is 0 Å². The van der Waals surface area contributed by atoms with Crippen LogP contribution in [0, 0.1) is 11.3 Å². The highest BCUT2D eigenvalue weighted by Crippen LogP contribution is 2.15. The van der Waals surface area contributed by atoms with Crippen molar-refractivity contribution in [2.75, 3.05) is 18.1 Å². The van der Waals surface area contributed by atoms with Gasteiger partial charge in [-0.25, -0.2) is 0 Å². The van der Waals surface area contributed by atoms with Crippen molar-refractivity contribution in [2.24, 2.45) is 0 Å². The minimum atomic E-state index is -0.656. The molecule has 0 radical (unpaired) electrons. The highest BCUT2D eigenvalue weighted by molar-refractivity contribution is 7.99. The van der Waals surface area contributed by atoms with Crippen molar-refractivity contribution in [3.8, 4) is 6.07 Å². The third-order valence-electron chi connectivity index (χ3n) is 2.12. The Balaban J connectivity index is 3.84. The number of nitrogens with zero attached hydrogens (tertiary/aromatic N) is 1. The second-order valence-corrected chi connectivity index (χ2v) is 5.55. The molecule has 16 heavy (non-hydrogen) atoms. The van der Waals surface area contributed by atoms with Crippen LogP contribution in [0.15, 0.2) is 0 Å². The fourth-order valence-corrected chi connectivity index (χ4v) is 2.44. The quantitative estimate of drug-likeness (QED) is 0.551. The molecule has 5 heteroatoms. The zero-order valence-corrected chi connectivity index (χ0v) is 11.0. The van der Waals surface area contributed by atoms with E-state index in [-0.39, 0.29) is 12.6 Å². The lowest BCUT2D eigenvalue weighted by Gasteiger charge is -2.25. The molecule has 4 nitrogen and oxygen atoms in total. The maximum Gasteiger partial charge on any atom is 0.104 e. The number of thioether (sulfide) groups is 1. The van der Waals surface area contributed by atoms with E-state index in [2.05, 4.69) is 11.4 Å². The first-order valence-electron chi connectivity index (χ1n) is 5.49. The van der Waals surface area contributed by atoms with Crippen LogP contribution in [0.4, 0.5) is 0 Å². The average Bonchev–Trinajstić information content (AvgIpc) is 2.23. The van der Waals surface area contributed by atoms with E-state index in [1.807, 2.05) is 20.8 Å². The summed E-state index contributed by atoms with van der Waals surface area (Å²) in [6.45, 7) is 5.71. The van der Waals surface area contributed by atoms with E-state index < -0.39 is 11.6 Å². The van der Waals surface area contributed by atoms with Crippen LogP contribution < -0.4 is 5.32 Å². The summed E-state index contributed by atoms with van der Waals surface area (Å²) in [5, 5.41) is 30.1. The van der Waals surface area contributed by atoms with Crippen LogP contribution in [0.1, 0.15) is 27.2 Å². The molecule has 3 N–H and O–H groups in total. The number of nitrogens with one attached hydrogen (secondary N) is 1. The summed E-state index contributed by atoms with van der Waals surface area (Å²) in [4.78, 5) is 0. The number of hydrogen-bond donors (Lipinski definition) is 3. The summed E-state index contributed by atoms with van der Waals surface area (Å²) in [5.41, 5.74) is -0.509. The Kier molecular flexibility index (Phi) is 7.77. The first-order chi connectivity index (χ1) is 7.43. The van der Waals surface area contributed by atoms with E-state index in [0.717, 1.165) is 12.2 Å². The van der Waals surface area contributed by atoms with Crippen LogP contribution in [-0.2, 0) is 0 Å². The molecule has 0 aliphatic heterocycles. The molecular formula is C11H22N2O2S. The highest BCUT2D eigenvalue weighted by Gasteiger charge is 2.23. The van der Waals surface area contributed by atoms with E-state index >= 15 is 0 Å². The van der Waals surface area contributed by atoms with Crippen molar-refractivity contribution in [2.45, 2.75) is 44.9 Å². The minimum absolute atomic E-state index is 0.202. The Morgan fingerprint density at radius 3 is 2.56 bits per heavy atom. The lowest BCUT2D eigenvalue weighted by molar-refractivity contribution is 0.113. The Morgan fingerprint density at radius 1 is 1.50 bits per heavy atom.